The van der Waals surface area contributed by atoms with Gasteiger partial charge in [0.05, 0.1) is 0 Å². The Morgan fingerprint density at radius 1 is 0.512 bits per heavy atom. The third-order valence-corrected chi connectivity index (χ3v) is 9.64. The minimum atomic E-state index is 0. The molecule has 0 heteroatoms. The van der Waals surface area contributed by atoms with Crippen molar-refractivity contribution in [1.29, 1.82) is 0 Å². The third-order valence-electron chi connectivity index (χ3n) is 9.64. The predicted molar refractivity (Wildman–Crippen MR) is 213 cm³/mol. The van der Waals surface area contributed by atoms with Crippen LogP contribution in [-0.2, 0) is 0 Å². The molecule has 0 amide bonds. The molecule has 3 saturated carbocycles. The van der Waals surface area contributed by atoms with Crippen molar-refractivity contribution >= 4 is 0 Å². The molecule has 0 aromatic rings. The van der Waals surface area contributed by atoms with Gasteiger partial charge in [-0.25, -0.2) is 0 Å². The van der Waals surface area contributed by atoms with Gasteiger partial charge in [0.25, 0.3) is 0 Å². The molecule has 43 heavy (non-hydrogen) atoms. The van der Waals surface area contributed by atoms with Gasteiger partial charge in [-0.2, -0.15) is 0 Å². The zero-order valence-electron chi connectivity index (χ0n) is 29.9. The Morgan fingerprint density at radius 2 is 0.860 bits per heavy atom. The van der Waals surface area contributed by atoms with E-state index in [2.05, 4.69) is 104 Å². The zero-order chi connectivity index (χ0) is 29.9. The van der Waals surface area contributed by atoms with E-state index < -0.39 is 0 Å². The quantitative estimate of drug-likeness (QED) is 0.267. The van der Waals surface area contributed by atoms with Gasteiger partial charge in [-0.3, -0.25) is 0 Å². The lowest BCUT2D eigenvalue weighted by molar-refractivity contribution is 0.264. The average Bonchev–Trinajstić information content (AvgIpc) is 3.60. The van der Waals surface area contributed by atoms with Crippen LogP contribution in [0.4, 0.5) is 0 Å². The molecule has 0 radical (unpaired) electrons. The van der Waals surface area contributed by atoms with Crippen LogP contribution in [0.3, 0.4) is 0 Å². The fraction of sp³-hybridized carbons (Fsp3) is 1.00. The number of rotatable bonds is 7. The maximum Gasteiger partial charge on any atom is -0.0360 e. The highest BCUT2D eigenvalue weighted by Gasteiger charge is 2.21. The fourth-order valence-electron chi connectivity index (χ4n) is 4.69. The molecule has 1 atom stereocenters. The lowest BCUT2D eigenvalue weighted by Gasteiger charge is -2.26. The van der Waals surface area contributed by atoms with Gasteiger partial charge in [-0.05, 0) is 71.5 Å². The van der Waals surface area contributed by atoms with Crippen molar-refractivity contribution in [2.75, 3.05) is 0 Å². The predicted octanol–water partition coefficient (Wildman–Crippen LogP) is 17.1. The molecule has 0 aromatic carbocycles. The van der Waals surface area contributed by atoms with Crippen molar-refractivity contribution in [3.05, 3.63) is 0 Å². The summed E-state index contributed by atoms with van der Waals surface area (Å²) in [6, 6.07) is 0. The van der Waals surface area contributed by atoms with Crippen LogP contribution in [0.25, 0.3) is 0 Å². The molecule has 0 aromatic heterocycles. The normalized spacial score (nSPS) is 16.7. The first kappa shape index (κ1) is 58.5. The van der Waals surface area contributed by atoms with Crippen LogP contribution in [0.1, 0.15) is 224 Å². The molecule has 272 valence electrons. The molecule has 3 fully saturated rings. The highest BCUT2D eigenvalue weighted by Crippen LogP contribution is 2.35. The Kier molecular flexibility index (Phi) is 45.4. The summed E-state index contributed by atoms with van der Waals surface area (Å²) in [6.45, 7) is 34.3. The van der Waals surface area contributed by atoms with Crippen molar-refractivity contribution in [3.63, 3.8) is 0 Å². The molecule has 0 N–H and O–H groups in total. The van der Waals surface area contributed by atoms with Crippen molar-refractivity contribution in [1.82, 2.24) is 0 Å². The van der Waals surface area contributed by atoms with Gasteiger partial charge in [0.2, 0.25) is 0 Å². The zero-order valence-corrected chi connectivity index (χ0v) is 29.9. The van der Waals surface area contributed by atoms with Crippen LogP contribution in [0.2, 0.25) is 0 Å². The van der Waals surface area contributed by atoms with Gasteiger partial charge >= 0.3 is 0 Å². The summed E-state index contributed by atoms with van der Waals surface area (Å²) >= 11 is 0. The van der Waals surface area contributed by atoms with Crippen LogP contribution >= 0.6 is 0 Å². The molecule has 1 unspecified atom stereocenters. The van der Waals surface area contributed by atoms with Crippen molar-refractivity contribution in [2.24, 2.45) is 58.7 Å². The summed E-state index contributed by atoms with van der Waals surface area (Å²) in [6.07, 6.45) is 19.3. The van der Waals surface area contributed by atoms with Crippen LogP contribution in [0.5, 0.6) is 0 Å². The second-order valence-corrected chi connectivity index (χ2v) is 16.3. The molecule has 0 spiro atoms. The molecule has 0 bridgehead atoms. The van der Waals surface area contributed by atoms with Gasteiger partial charge in [-0.15, -0.1) is 0 Å². The molecule has 3 rings (SSSR count). The third kappa shape index (κ3) is 40.0. The largest absolute Gasteiger partial charge is 0.0776 e. The van der Waals surface area contributed by atoms with Crippen molar-refractivity contribution in [3.8, 4) is 0 Å². The van der Waals surface area contributed by atoms with Crippen LogP contribution in [0, 0.1) is 58.7 Å². The van der Waals surface area contributed by atoms with E-state index in [-0.39, 0.29) is 37.1 Å². The van der Waals surface area contributed by atoms with Crippen LogP contribution < -0.4 is 0 Å². The van der Waals surface area contributed by atoms with Crippen molar-refractivity contribution < 1.29 is 0 Å². The maximum atomic E-state index is 2.36. The Balaban J connectivity index is -0.0000000735. The minimum Gasteiger partial charge on any atom is -0.0776 e. The van der Waals surface area contributed by atoms with E-state index >= 15 is 0 Å². The first-order chi connectivity index (χ1) is 17.5. The van der Waals surface area contributed by atoms with Crippen LogP contribution in [0.15, 0.2) is 0 Å². The van der Waals surface area contributed by atoms with Gasteiger partial charge in [0.15, 0.2) is 0 Å². The van der Waals surface area contributed by atoms with E-state index in [1.54, 1.807) is 0 Å². The van der Waals surface area contributed by atoms with Gasteiger partial charge in [0, 0.05) is 0 Å². The van der Waals surface area contributed by atoms with E-state index in [0.717, 1.165) is 53.3 Å². The van der Waals surface area contributed by atoms with E-state index in [0.29, 0.717) is 5.41 Å². The second kappa shape index (κ2) is 33.4. The molecule has 0 heterocycles. The van der Waals surface area contributed by atoms with Crippen molar-refractivity contribution in [2.45, 2.75) is 224 Å². The molecule has 0 aliphatic heterocycles. The highest BCUT2D eigenvalue weighted by atomic mass is 14.3. The molecule has 3 aliphatic carbocycles. The standard InChI is InChI=1S/C9H18.C8H16.C7H14.2C7H16.5CH4/c1-8(2)9-6-4-3-5-7-9;1-7(2)6-8-4-3-5-8;1-6(2)5-7-3-4-7;1-6(2)7(3,4)5;1-5-7(4)6(2)3;;;;;/h8-9H,3-7H2,1-2H3;7-8H,3-6H2,1-2H3;6-7H,3-5H2,1-2H3;6H,1-5H3;6-7H,5H2,1-4H3;5*1H4. The summed E-state index contributed by atoms with van der Waals surface area (Å²) < 4.78 is 0. The molecular formula is C43H100. The van der Waals surface area contributed by atoms with Gasteiger partial charge in [0.1, 0.15) is 0 Å². The summed E-state index contributed by atoms with van der Waals surface area (Å²) in [7, 11) is 0. The first-order valence-corrected chi connectivity index (χ1v) is 17.5. The summed E-state index contributed by atoms with van der Waals surface area (Å²) in [5.74, 6) is 8.66. The monoisotopic (exact) mass is 617 g/mol. The smallest absolute Gasteiger partial charge is 0.0360 e. The molecule has 3 aliphatic rings. The SMILES string of the molecule is C.C.C.C.C.CC(C)C(C)(C)C.CC(C)C1CCCCC1.CC(C)CC1CC1.CC(C)CC1CCC1.CCC(C)C(C)C. The number of hydrogen-bond donors (Lipinski definition) is 0. The minimum absolute atomic E-state index is 0. The lowest BCUT2D eigenvalue weighted by Crippen LogP contribution is -2.12. The van der Waals surface area contributed by atoms with Gasteiger partial charge < -0.3 is 0 Å². The van der Waals surface area contributed by atoms with Gasteiger partial charge in [-0.1, -0.05) is 212 Å². The second-order valence-electron chi connectivity index (χ2n) is 16.3. The average molecular weight is 617 g/mol. The lowest BCUT2D eigenvalue weighted by atomic mass is 9.80. The highest BCUT2D eigenvalue weighted by molar-refractivity contribution is 4.73. The topological polar surface area (TPSA) is 0 Å². The summed E-state index contributed by atoms with van der Waals surface area (Å²) in [4.78, 5) is 0. The van der Waals surface area contributed by atoms with Crippen LogP contribution in [-0.4, -0.2) is 0 Å². The Morgan fingerprint density at radius 3 is 0.977 bits per heavy atom. The maximum absolute atomic E-state index is 2.36. The Labute approximate surface area is 282 Å². The Bertz CT molecular complexity index is 475. The van der Waals surface area contributed by atoms with E-state index in [4.69, 9.17) is 0 Å². The molecule has 0 nitrogen and oxygen atoms in total. The summed E-state index contributed by atoms with van der Waals surface area (Å²) in [5, 5.41) is 0. The van der Waals surface area contributed by atoms with E-state index in [1.807, 2.05) is 0 Å². The fourth-order valence-corrected chi connectivity index (χ4v) is 4.69. The number of hydrogen-bond acceptors (Lipinski definition) is 0. The summed E-state index contributed by atoms with van der Waals surface area (Å²) in [5.41, 5.74) is 0.500. The molecular weight excluding hydrogens is 516 g/mol. The first-order valence-electron chi connectivity index (χ1n) is 17.5. The Hall–Kier alpha value is 0. The molecule has 0 saturated heterocycles. The van der Waals surface area contributed by atoms with E-state index in [9.17, 15) is 0 Å². The van der Waals surface area contributed by atoms with E-state index in [1.165, 1.54) is 83.5 Å².